The van der Waals surface area contributed by atoms with Crippen molar-refractivity contribution in [2.45, 2.75) is 25.8 Å². The third-order valence-corrected chi connectivity index (χ3v) is 4.86. The molecule has 0 aromatic carbocycles. The van der Waals surface area contributed by atoms with Gasteiger partial charge < -0.3 is 10.6 Å². The Balaban J connectivity index is 1.91. The van der Waals surface area contributed by atoms with Crippen molar-refractivity contribution in [3.8, 4) is 0 Å². The highest BCUT2D eigenvalue weighted by Gasteiger charge is 2.25. The number of hydrogen-bond donors (Lipinski definition) is 2. The number of hydrogen-bond acceptors (Lipinski definition) is 6. The SMILES string of the molecule is CCNc1ccc(C(=O)NC2CCS(=O)(=O)CC2)nn1. The summed E-state index contributed by atoms with van der Waals surface area (Å²) in [4.78, 5) is 12.0. The van der Waals surface area contributed by atoms with Gasteiger partial charge in [0.2, 0.25) is 0 Å². The summed E-state index contributed by atoms with van der Waals surface area (Å²) >= 11 is 0. The topological polar surface area (TPSA) is 101 Å². The highest BCUT2D eigenvalue weighted by atomic mass is 32.2. The van der Waals surface area contributed by atoms with Crippen molar-refractivity contribution in [2.75, 3.05) is 23.4 Å². The fraction of sp³-hybridized carbons (Fsp3) is 0.583. The number of rotatable bonds is 4. The van der Waals surface area contributed by atoms with Gasteiger partial charge in [-0.2, -0.15) is 0 Å². The van der Waals surface area contributed by atoms with E-state index in [1.807, 2.05) is 6.92 Å². The predicted octanol–water partition coefficient (Wildman–Crippen LogP) is 0.215. The van der Waals surface area contributed by atoms with Crippen LogP contribution in [-0.4, -0.2) is 48.6 Å². The molecule has 0 unspecified atom stereocenters. The molecular formula is C12H18N4O3S. The molecule has 0 radical (unpaired) electrons. The lowest BCUT2D eigenvalue weighted by Crippen LogP contribution is -2.41. The molecule has 110 valence electrons. The second-order valence-corrected chi connectivity index (χ2v) is 7.04. The van der Waals surface area contributed by atoms with Gasteiger partial charge in [-0.1, -0.05) is 0 Å². The van der Waals surface area contributed by atoms with Gasteiger partial charge in [0.15, 0.2) is 5.69 Å². The Morgan fingerprint density at radius 1 is 1.30 bits per heavy atom. The van der Waals surface area contributed by atoms with Crippen LogP contribution in [0.5, 0.6) is 0 Å². The first-order valence-corrected chi connectivity index (χ1v) is 8.41. The normalized spacial score (nSPS) is 18.4. The average Bonchev–Trinajstić information content (AvgIpc) is 2.42. The molecule has 0 aliphatic carbocycles. The van der Waals surface area contributed by atoms with Crippen LogP contribution >= 0.6 is 0 Å². The monoisotopic (exact) mass is 298 g/mol. The quantitative estimate of drug-likeness (QED) is 0.824. The van der Waals surface area contributed by atoms with Crippen molar-refractivity contribution < 1.29 is 13.2 Å². The smallest absolute Gasteiger partial charge is 0.272 e. The van der Waals surface area contributed by atoms with Crippen LogP contribution in [0.25, 0.3) is 0 Å². The summed E-state index contributed by atoms with van der Waals surface area (Å²) in [6.45, 7) is 2.68. The number of carbonyl (C=O) groups is 1. The Kier molecular flexibility index (Phi) is 4.53. The molecule has 2 heterocycles. The molecule has 1 saturated heterocycles. The Morgan fingerprint density at radius 2 is 2.00 bits per heavy atom. The maximum Gasteiger partial charge on any atom is 0.272 e. The van der Waals surface area contributed by atoms with Crippen molar-refractivity contribution in [2.24, 2.45) is 0 Å². The Hall–Kier alpha value is -1.70. The van der Waals surface area contributed by atoms with E-state index in [-0.39, 0.29) is 29.1 Å². The fourth-order valence-corrected chi connectivity index (χ4v) is 3.51. The van der Waals surface area contributed by atoms with Crippen LogP contribution in [0.1, 0.15) is 30.3 Å². The molecular weight excluding hydrogens is 280 g/mol. The fourth-order valence-electron chi connectivity index (χ4n) is 2.02. The van der Waals surface area contributed by atoms with Gasteiger partial charge in [-0.3, -0.25) is 4.79 Å². The molecule has 1 amide bonds. The molecule has 1 aromatic rings. The van der Waals surface area contributed by atoms with Gasteiger partial charge in [0.05, 0.1) is 11.5 Å². The summed E-state index contributed by atoms with van der Waals surface area (Å²) in [6.07, 6.45) is 0.911. The maximum atomic E-state index is 12.0. The summed E-state index contributed by atoms with van der Waals surface area (Å²) in [5.41, 5.74) is 0.236. The number of nitrogens with zero attached hydrogens (tertiary/aromatic N) is 2. The van der Waals surface area contributed by atoms with Gasteiger partial charge in [-0.05, 0) is 31.9 Å². The zero-order valence-corrected chi connectivity index (χ0v) is 12.1. The van der Waals surface area contributed by atoms with E-state index in [2.05, 4.69) is 20.8 Å². The van der Waals surface area contributed by atoms with Crippen LogP contribution in [-0.2, 0) is 9.84 Å². The molecule has 0 saturated carbocycles. The number of anilines is 1. The van der Waals surface area contributed by atoms with Crippen molar-refractivity contribution in [1.29, 1.82) is 0 Å². The number of aromatic nitrogens is 2. The molecule has 1 fully saturated rings. The molecule has 8 heteroatoms. The van der Waals surface area contributed by atoms with E-state index in [0.29, 0.717) is 18.7 Å². The molecule has 0 spiro atoms. The van der Waals surface area contributed by atoms with E-state index in [0.717, 1.165) is 6.54 Å². The Morgan fingerprint density at radius 3 is 2.55 bits per heavy atom. The molecule has 1 aliphatic heterocycles. The minimum absolute atomic E-state index is 0.110. The number of sulfone groups is 1. The number of amides is 1. The summed E-state index contributed by atoms with van der Waals surface area (Å²) in [5.74, 6) is 0.559. The molecule has 7 nitrogen and oxygen atoms in total. The highest BCUT2D eigenvalue weighted by Crippen LogP contribution is 2.12. The molecule has 20 heavy (non-hydrogen) atoms. The van der Waals surface area contributed by atoms with Crippen LogP contribution in [0.2, 0.25) is 0 Å². The second-order valence-electron chi connectivity index (χ2n) is 4.73. The van der Waals surface area contributed by atoms with E-state index < -0.39 is 9.84 Å². The van der Waals surface area contributed by atoms with Crippen LogP contribution in [0.3, 0.4) is 0 Å². The standard InChI is InChI=1S/C12H18N4O3S/c1-2-13-11-4-3-10(15-16-11)12(17)14-9-5-7-20(18,19)8-6-9/h3-4,9H,2,5-8H2,1H3,(H,13,16)(H,14,17). The summed E-state index contributed by atoms with van der Waals surface area (Å²) < 4.78 is 22.6. The summed E-state index contributed by atoms with van der Waals surface area (Å²) in [6, 6.07) is 3.18. The van der Waals surface area contributed by atoms with E-state index in [1.165, 1.54) is 0 Å². The molecule has 0 atom stereocenters. The second kappa shape index (κ2) is 6.17. The molecule has 2 N–H and O–H groups in total. The summed E-state index contributed by atoms with van der Waals surface area (Å²) in [7, 11) is -2.92. The Labute approximate surface area is 118 Å². The number of nitrogens with one attached hydrogen (secondary N) is 2. The van der Waals surface area contributed by atoms with Crippen LogP contribution in [0.4, 0.5) is 5.82 Å². The van der Waals surface area contributed by atoms with Crippen molar-refractivity contribution in [1.82, 2.24) is 15.5 Å². The molecule has 1 aliphatic rings. The molecule has 0 bridgehead atoms. The molecule has 2 rings (SSSR count). The number of carbonyl (C=O) groups excluding carboxylic acids is 1. The van der Waals surface area contributed by atoms with Gasteiger partial charge in [0, 0.05) is 12.6 Å². The zero-order chi connectivity index (χ0) is 14.6. The molecule has 1 aromatic heterocycles. The first-order valence-electron chi connectivity index (χ1n) is 6.59. The van der Waals surface area contributed by atoms with E-state index in [1.54, 1.807) is 12.1 Å². The lowest BCUT2D eigenvalue weighted by Gasteiger charge is -2.22. The average molecular weight is 298 g/mol. The lowest BCUT2D eigenvalue weighted by molar-refractivity contribution is 0.0928. The highest BCUT2D eigenvalue weighted by molar-refractivity contribution is 7.91. The van der Waals surface area contributed by atoms with Gasteiger partial charge in [0.25, 0.3) is 5.91 Å². The van der Waals surface area contributed by atoms with Crippen molar-refractivity contribution in [3.05, 3.63) is 17.8 Å². The van der Waals surface area contributed by atoms with Gasteiger partial charge in [-0.15, -0.1) is 10.2 Å². The maximum absolute atomic E-state index is 12.0. The zero-order valence-electron chi connectivity index (χ0n) is 11.3. The minimum Gasteiger partial charge on any atom is -0.369 e. The van der Waals surface area contributed by atoms with Crippen LogP contribution in [0.15, 0.2) is 12.1 Å². The lowest BCUT2D eigenvalue weighted by atomic mass is 10.1. The van der Waals surface area contributed by atoms with E-state index in [4.69, 9.17) is 0 Å². The van der Waals surface area contributed by atoms with Gasteiger partial charge in [-0.25, -0.2) is 8.42 Å². The Bertz CT molecular complexity index is 557. The van der Waals surface area contributed by atoms with Crippen LogP contribution < -0.4 is 10.6 Å². The first-order chi connectivity index (χ1) is 9.50. The predicted molar refractivity (Wildman–Crippen MR) is 75.3 cm³/mol. The minimum atomic E-state index is -2.92. The van der Waals surface area contributed by atoms with Crippen molar-refractivity contribution >= 4 is 21.6 Å². The van der Waals surface area contributed by atoms with Gasteiger partial charge >= 0.3 is 0 Å². The third kappa shape index (κ3) is 3.89. The van der Waals surface area contributed by atoms with Gasteiger partial charge in [0.1, 0.15) is 15.7 Å². The van der Waals surface area contributed by atoms with Crippen molar-refractivity contribution in [3.63, 3.8) is 0 Å². The third-order valence-electron chi connectivity index (χ3n) is 3.14. The largest absolute Gasteiger partial charge is 0.369 e. The summed E-state index contributed by atoms with van der Waals surface area (Å²) in [5, 5.41) is 13.5. The van der Waals surface area contributed by atoms with E-state index >= 15 is 0 Å². The van der Waals surface area contributed by atoms with Crippen LogP contribution in [0, 0.1) is 0 Å². The first kappa shape index (κ1) is 14.7. The van der Waals surface area contributed by atoms with E-state index in [9.17, 15) is 13.2 Å².